The van der Waals surface area contributed by atoms with E-state index in [1.54, 1.807) is 18.2 Å². The van der Waals surface area contributed by atoms with Gasteiger partial charge in [-0.25, -0.2) is 0 Å². The summed E-state index contributed by atoms with van der Waals surface area (Å²) >= 11 is 1.49. The Labute approximate surface area is 142 Å². The highest BCUT2D eigenvalue weighted by Crippen LogP contribution is 2.30. The third-order valence-electron chi connectivity index (χ3n) is 3.31. The zero-order valence-electron chi connectivity index (χ0n) is 13.1. The summed E-state index contributed by atoms with van der Waals surface area (Å²) in [7, 11) is 1.52. The molecule has 0 saturated heterocycles. The Hall–Kier alpha value is -2.21. The number of carbonyl (C=O) groups is 1. The van der Waals surface area contributed by atoms with Crippen molar-refractivity contribution in [1.29, 1.82) is 0 Å². The van der Waals surface area contributed by atoms with Crippen molar-refractivity contribution in [3.8, 4) is 5.75 Å². The smallest absolute Gasteiger partial charge is 0.416 e. The molecule has 2 nitrogen and oxygen atoms in total. The first kappa shape index (κ1) is 18.1. The van der Waals surface area contributed by atoms with E-state index in [0.29, 0.717) is 16.9 Å². The number of methoxy groups -OCH3 is 1. The number of allylic oxidation sites excluding steroid dienone is 1. The van der Waals surface area contributed by atoms with Crippen LogP contribution in [0.25, 0.3) is 6.08 Å². The number of carbonyl (C=O) groups excluding carboxylic acids is 1. The Kier molecular flexibility index (Phi) is 5.72. The normalized spacial score (nSPS) is 11.7. The number of hydrogen-bond acceptors (Lipinski definition) is 3. The summed E-state index contributed by atoms with van der Waals surface area (Å²) in [4.78, 5) is 13.1. The van der Waals surface area contributed by atoms with Crippen LogP contribution < -0.4 is 4.74 Å². The molecule has 0 unspecified atom stereocenters. The third-order valence-corrected chi connectivity index (χ3v) is 4.09. The van der Waals surface area contributed by atoms with Crippen LogP contribution in [0.1, 0.15) is 21.5 Å². The largest absolute Gasteiger partial charge is 0.496 e. The summed E-state index contributed by atoms with van der Waals surface area (Å²) in [6.45, 7) is 0. The maximum absolute atomic E-state index is 12.7. The summed E-state index contributed by atoms with van der Waals surface area (Å²) in [6.07, 6.45) is 0.108. The van der Waals surface area contributed by atoms with E-state index in [2.05, 4.69) is 0 Å². The Balaban J connectivity index is 2.22. The van der Waals surface area contributed by atoms with E-state index in [1.807, 2.05) is 6.26 Å². The topological polar surface area (TPSA) is 26.3 Å². The average Bonchev–Trinajstić information content (AvgIpc) is 2.58. The van der Waals surface area contributed by atoms with E-state index in [4.69, 9.17) is 4.74 Å². The van der Waals surface area contributed by atoms with E-state index in [1.165, 1.54) is 43.2 Å². The van der Waals surface area contributed by atoms with Gasteiger partial charge in [0.15, 0.2) is 5.78 Å². The van der Waals surface area contributed by atoms with E-state index in [0.717, 1.165) is 17.0 Å². The molecule has 0 atom stereocenters. The molecule has 0 aliphatic heterocycles. The molecular formula is C18H15F3O2S. The Bertz CT molecular complexity index is 767. The summed E-state index contributed by atoms with van der Waals surface area (Å²) in [5.74, 6) is 0.277. The van der Waals surface area contributed by atoms with Crippen LogP contribution in [-0.2, 0) is 6.18 Å². The van der Waals surface area contributed by atoms with Gasteiger partial charge < -0.3 is 4.74 Å². The Morgan fingerprint density at radius 1 is 1.17 bits per heavy atom. The molecule has 0 N–H and O–H groups in total. The van der Waals surface area contributed by atoms with Gasteiger partial charge in [-0.1, -0.05) is 18.2 Å². The number of thioether (sulfide) groups is 1. The molecule has 6 heteroatoms. The Morgan fingerprint density at radius 3 is 2.54 bits per heavy atom. The van der Waals surface area contributed by atoms with Crippen LogP contribution in [0.2, 0.25) is 0 Å². The van der Waals surface area contributed by atoms with Crippen molar-refractivity contribution in [3.63, 3.8) is 0 Å². The molecule has 0 bridgehead atoms. The van der Waals surface area contributed by atoms with E-state index >= 15 is 0 Å². The highest BCUT2D eigenvalue weighted by atomic mass is 32.2. The second kappa shape index (κ2) is 7.57. The van der Waals surface area contributed by atoms with Crippen molar-refractivity contribution in [3.05, 3.63) is 65.2 Å². The first-order valence-corrected chi connectivity index (χ1v) is 8.19. The number of alkyl halides is 3. The van der Waals surface area contributed by atoms with Gasteiger partial charge in [-0.15, -0.1) is 11.8 Å². The fourth-order valence-electron chi connectivity index (χ4n) is 2.08. The van der Waals surface area contributed by atoms with Crippen LogP contribution >= 0.6 is 11.8 Å². The fraction of sp³-hybridized carbons (Fsp3) is 0.167. The molecule has 0 heterocycles. The van der Waals surface area contributed by atoms with Gasteiger partial charge in [-0.05, 0) is 48.2 Å². The molecule has 0 saturated carbocycles. The molecular weight excluding hydrogens is 337 g/mol. The van der Waals surface area contributed by atoms with Crippen LogP contribution in [0.5, 0.6) is 5.75 Å². The maximum Gasteiger partial charge on any atom is 0.416 e. The SMILES string of the molecule is COc1cc(C(=O)C=Cc2cccc(C(F)(F)F)c2)ccc1SC. The average molecular weight is 352 g/mol. The zero-order valence-corrected chi connectivity index (χ0v) is 13.9. The number of benzene rings is 2. The van der Waals surface area contributed by atoms with Crippen molar-refractivity contribution in [2.24, 2.45) is 0 Å². The molecule has 0 radical (unpaired) electrons. The minimum Gasteiger partial charge on any atom is -0.496 e. The Morgan fingerprint density at radius 2 is 1.92 bits per heavy atom. The van der Waals surface area contributed by atoms with Crippen LogP contribution in [0, 0.1) is 0 Å². The molecule has 0 spiro atoms. The van der Waals surface area contributed by atoms with Gasteiger partial charge in [0.25, 0.3) is 0 Å². The van der Waals surface area contributed by atoms with Crippen molar-refractivity contribution in [2.75, 3.05) is 13.4 Å². The van der Waals surface area contributed by atoms with Crippen LogP contribution in [0.3, 0.4) is 0 Å². The number of hydrogen-bond donors (Lipinski definition) is 0. The van der Waals surface area contributed by atoms with Crippen LogP contribution in [0.15, 0.2) is 53.4 Å². The van der Waals surface area contributed by atoms with Gasteiger partial charge in [0, 0.05) is 10.5 Å². The summed E-state index contributed by atoms with van der Waals surface area (Å²) in [5, 5.41) is 0. The van der Waals surface area contributed by atoms with Gasteiger partial charge in [0.05, 0.1) is 12.7 Å². The second-order valence-corrected chi connectivity index (χ2v) is 5.74. The second-order valence-electron chi connectivity index (χ2n) is 4.89. The fourth-order valence-corrected chi connectivity index (χ4v) is 2.62. The summed E-state index contributed by atoms with van der Waals surface area (Å²) < 4.78 is 43.3. The third kappa shape index (κ3) is 4.41. The molecule has 0 amide bonds. The molecule has 2 aromatic carbocycles. The number of halogens is 3. The standard InChI is InChI=1S/C18H15F3O2S/c1-23-16-11-13(7-9-17(16)24-2)15(22)8-6-12-4-3-5-14(10-12)18(19,20)21/h3-11H,1-2H3. The van der Waals surface area contributed by atoms with Crippen molar-refractivity contribution in [1.82, 2.24) is 0 Å². The van der Waals surface area contributed by atoms with Crippen molar-refractivity contribution in [2.45, 2.75) is 11.1 Å². The van der Waals surface area contributed by atoms with Crippen molar-refractivity contribution >= 4 is 23.6 Å². The van der Waals surface area contributed by atoms with Gasteiger partial charge in [-0.2, -0.15) is 13.2 Å². The lowest BCUT2D eigenvalue weighted by Gasteiger charge is -2.07. The highest BCUT2D eigenvalue weighted by Gasteiger charge is 2.30. The monoisotopic (exact) mass is 352 g/mol. The molecule has 126 valence electrons. The molecule has 0 fully saturated rings. The molecule has 2 aromatic rings. The minimum atomic E-state index is -4.41. The lowest BCUT2D eigenvalue weighted by atomic mass is 10.1. The summed E-state index contributed by atoms with van der Waals surface area (Å²) in [5.41, 5.74) is -0.0261. The van der Waals surface area contributed by atoms with Crippen molar-refractivity contribution < 1.29 is 22.7 Å². The lowest BCUT2D eigenvalue weighted by Crippen LogP contribution is -2.04. The highest BCUT2D eigenvalue weighted by molar-refractivity contribution is 7.98. The molecule has 0 aromatic heterocycles. The van der Waals surface area contributed by atoms with Crippen LogP contribution in [-0.4, -0.2) is 19.1 Å². The lowest BCUT2D eigenvalue weighted by molar-refractivity contribution is -0.137. The molecule has 0 aliphatic carbocycles. The zero-order chi connectivity index (χ0) is 17.7. The maximum atomic E-state index is 12.7. The first-order chi connectivity index (χ1) is 11.3. The van der Waals surface area contributed by atoms with E-state index in [-0.39, 0.29) is 5.78 Å². The number of rotatable bonds is 5. The van der Waals surface area contributed by atoms with Crippen LogP contribution in [0.4, 0.5) is 13.2 Å². The van der Waals surface area contributed by atoms with Gasteiger partial charge in [0.2, 0.25) is 0 Å². The van der Waals surface area contributed by atoms with E-state index < -0.39 is 11.7 Å². The molecule has 2 rings (SSSR count). The van der Waals surface area contributed by atoms with E-state index in [9.17, 15) is 18.0 Å². The van der Waals surface area contributed by atoms with Gasteiger partial charge >= 0.3 is 6.18 Å². The quantitative estimate of drug-likeness (QED) is 0.413. The predicted octanol–water partition coefficient (Wildman–Crippen LogP) is 5.33. The van der Waals surface area contributed by atoms with Gasteiger partial charge in [-0.3, -0.25) is 4.79 Å². The molecule has 24 heavy (non-hydrogen) atoms. The predicted molar refractivity (Wildman–Crippen MR) is 89.6 cm³/mol. The first-order valence-electron chi connectivity index (χ1n) is 6.97. The number of ketones is 1. The van der Waals surface area contributed by atoms with Gasteiger partial charge in [0.1, 0.15) is 5.75 Å². The molecule has 0 aliphatic rings. The summed E-state index contributed by atoms with van der Waals surface area (Å²) in [6, 6.07) is 9.86. The minimum absolute atomic E-state index is 0.307. The number of ether oxygens (including phenoxy) is 1.